The molecular weight excluding hydrogens is 208 g/mol. The highest BCUT2D eigenvalue weighted by atomic mass is 32.2. The van der Waals surface area contributed by atoms with Crippen LogP contribution in [0.1, 0.15) is 12.8 Å². The number of nitrogens with zero attached hydrogens (tertiary/aromatic N) is 2. The Labute approximate surface area is 94.1 Å². The maximum absolute atomic E-state index is 5.57. The lowest BCUT2D eigenvalue weighted by Crippen LogP contribution is -2.20. The quantitative estimate of drug-likeness (QED) is 0.816. The van der Waals surface area contributed by atoms with Gasteiger partial charge in [-0.05, 0) is 36.3 Å². The zero-order valence-electron chi connectivity index (χ0n) is 8.65. The SMILES string of the molecule is Nc1ccnc(NCC2CCSCC2)n1. The van der Waals surface area contributed by atoms with Crippen molar-refractivity contribution in [3.63, 3.8) is 0 Å². The van der Waals surface area contributed by atoms with Crippen LogP contribution in [0.2, 0.25) is 0 Å². The van der Waals surface area contributed by atoms with Crippen molar-refractivity contribution in [3.8, 4) is 0 Å². The van der Waals surface area contributed by atoms with E-state index in [4.69, 9.17) is 5.73 Å². The van der Waals surface area contributed by atoms with Crippen molar-refractivity contribution < 1.29 is 0 Å². The van der Waals surface area contributed by atoms with E-state index < -0.39 is 0 Å². The van der Waals surface area contributed by atoms with Crippen molar-refractivity contribution in [1.82, 2.24) is 9.97 Å². The Balaban J connectivity index is 1.81. The molecule has 1 aromatic heterocycles. The van der Waals surface area contributed by atoms with E-state index in [0.29, 0.717) is 11.8 Å². The lowest BCUT2D eigenvalue weighted by Gasteiger charge is -2.21. The predicted molar refractivity (Wildman–Crippen MR) is 65.0 cm³/mol. The van der Waals surface area contributed by atoms with Crippen molar-refractivity contribution in [1.29, 1.82) is 0 Å². The van der Waals surface area contributed by atoms with Crippen LogP contribution < -0.4 is 11.1 Å². The van der Waals surface area contributed by atoms with Crippen molar-refractivity contribution in [2.24, 2.45) is 5.92 Å². The van der Waals surface area contributed by atoms with E-state index in [1.165, 1.54) is 24.3 Å². The third-order valence-corrected chi connectivity index (χ3v) is 3.62. The molecule has 0 aromatic carbocycles. The Hall–Kier alpha value is -0.970. The second-order valence-corrected chi connectivity index (χ2v) is 4.97. The molecule has 3 N–H and O–H groups in total. The topological polar surface area (TPSA) is 63.8 Å². The number of hydrogen-bond donors (Lipinski definition) is 2. The lowest BCUT2D eigenvalue weighted by atomic mass is 10.0. The molecule has 0 amide bonds. The number of nitrogen functional groups attached to an aromatic ring is 1. The minimum atomic E-state index is 0.520. The van der Waals surface area contributed by atoms with Crippen molar-refractivity contribution >= 4 is 23.5 Å². The van der Waals surface area contributed by atoms with Crippen molar-refractivity contribution in [2.75, 3.05) is 29.1 Å². The van der Waals surface area contributed by atoms with Gasteiger partial charge >= 0.3 is 0 Å². The van der Waals surface area contributed by atoms with Crippen LogP contribution in [0.25, 0.3) is 0 Å². The molecule has 82 valence electrons. The fourth-order valence-corrected chi connectivity index (χ4v) is 2.85. The number of thioether (sulfide) groups is 1. The van der Waals surface area contributed by atoms with Crippen molar-refractivity contribution in [3.05, 3.63) is 12.3 Å². The number of nitrogens with one attached hydrogen (secondary N) is 1. The van der Waals surface area contributed by atoms with Gasteiger partial charge in [0.1, 0.15) is 5.82 Å². The minimum absolute atomic E-state index is 0.520. The van der Waals surface area contributed by atoms with Gasteiger partial charge in [0.2, 0.25) is 5.95 Å². The van der Waals surface area contributed by atoms with Crippen LogP contribution in [-0.4, -0.2) is 28.0 Å². The Kier molecular flexibility index (Phi) is 3.66. The van der Waals surface area contributed by atoms with Gasteiger partial charge in [-0.3, -0.25) is 0 Å². The zero-order valence-corrected chi connectivity index (χ0v) is 9.46. The van der Waals surface area contributed by atoms with Gasteiger partial charge in [0.05, 0.1) is 0 Å². The minimum Gasteiger partial charge on any atom is -0.384 e. The number of nitrogens with two attached hydrogens (primary N) is 1. The molecule has 0 bridgehead atoms. The second-order valence-electron chi connectivity index (χ2n) is 3.74. The summed E-state index contributed by atoms with van der Waals surface area (Å²) in [4.78, 5) is 8.22. The largest absolute Gasteiger partial charge is 0.384 e. The highest BCUT2D eigenvalue weighted by Gasteiger charge is 2.13. The maximum atomic E-state index is 5.57. The molecule has 0 aliphatic carbocycles. The summed E-state index contributed by atoms with van der Waals surface area (Å²) in [6, 6.07) is 1.70. The Morgan fingerprint density at radius 2 is 2.27 bits per heavy atom. The van der Waals surface area contributed by atoms with E-state index >= 15 is 0 Å². The molecule has 0 saturated carbocycles. The molecule has 1 saturated heterocycles. The second kappa shape index (κ2) is 5.21. The molecule has 2 rings (SSSR count). The Morgan fingerprint density at radius 3 is 3.00 bits per heavy atom. The first-order valence-corrected chi connectivity index (χ1v) is 6.40. The standard InChI is InChI=1S/C10H16N4S/c11-9-1-4-12-10(14-9)13-7-8-2-5-15-6-3-8/h1,4,8H,2-3,5-7H2,(H3,11,12,13,14). The summed E-state index contributed by atoms with van der Waals surface area (Å²) in [6.07, 6.45) is 4.27. The van der Waals surface area contributed by atoms with Gasteiger partial charge in [0, 0.05) is 12.7 Å². The van der Waals surface area contributed by atoms with Gasteiger partial charge < -0.3 is 11.1 Å². The molecule has 0 spiro atoms. The summed E-state index contributed by atoms with van der Waals surface area (Å²) in [7, 11) is 0. The molecule has 1 aromatic rings. The number of anilines is 2. The van der Waals surface area contributed by atoms with Gasteiger partial charge in [-0.1, -0.05) is 0 Å². The summed E-state index contributed by atoms with van der Waals surface area (Å²) in [5.41, 5.74) is 5.57. The third-order valence-electron chi connectivity index (χ3n) is 2.57. The zero-order chi connectivity index (χ0) is 10.5. The Bertz CT molecular complexity index is 312. The number of aromatic nitrogens is 2. The average molecular weight is 224 g/mol. The van der Waals surface area contributed by atoms with E-state index in [-0.39, 0.29) is 0 Å². The average Bonchev–Trinajstić information content (AvgIpc) is 2.28. The van der Waals surface area contributed by atoms with E-state index in [0.717, 1.165) is 12.5 Å². The number of rotatable bonds is 3. The third kappa shape index (κ3) is 3.27. The monoisotopic (exact) mass is 224 g/mol. The van der Waals surface area contributed by atoms with Gasteiger partial charge in [0.25, 0.3) is 0 Å². The van der Waals surface area contributed by atoms with Crippen LogP contribution in [0.3, 0.4) is 0 Å². The van der Waals surface area contributed by atoms with Gasteiger partial charge in [-0.25, -0.2) is 4.98 Å². The molecule has 5 heteroatoms. The first-order chi connectivity index (χ1) is 7.34. The predicted octanol–water partition coefficient (Wildman–Crippen LogP) is 1.61. The van der Waals surface area contributed by atoms with Gasteiger partial charge in [-0.2, -0.15) is 16.7 Å². The summed E-state index contributed by atoms with van der Waals surface area (Å²) in [5.74, 6) is 4.49. The van der Waals surface area contributed by atoms with Gasteiger partial charge in [0.15, 0.2) is 0 Å². The van der Waals surface area contributed by atoms with Crippen LogP contribution in [0.5, 0.6) is 0 Å². The normalized spacial score (nSPS) is 17.6. The maximum Gasteiger partial charge on any atom is 0.224 e. The van der Waals surface area contributed by atoms with Crippen LogP contribution in [-0.2, 0) is 0 Å². The van der Waals surface area contributed by atoms with Crippen molar-refractivity contribution in [2.45, 2.75) is 12.8 Å². The molecule has 1 aliphatic heterocycles. The molecule has 4 nitrogen and oxygen atoms in total. The summed E-state index contributed by atoms with van der Waals surface area (Å²) in [5, 5.41) is 3.24. The van der Waals surface area contributed by atoms with E-state index in [9.17, 15) is 0 Å². The van der Waals surface area contributed by atoms with E-state index in [2.05, 4.69) is 15.3 Å². The molecule has 15 heavy (non-hydrogen) atoms. The molecule has 0 unspecified atom stereocenters. The molecule has 1 aliphatic rings. The summed E-state index contributed by atoms with van der Waals surface area (Å²) < 4.78 is 0. The summed E-state index contributed by atoms with van der Waals surface area (Å²) in [6.45, 7) is 0.962. The first kappa shape index (κ1) is 10.5. The lowest BCUT2D eigenvalue weighted by molar-refractivity contribution is 0.515. The van der Waals surface area contributed by atoms with Gasteiger partial charge in [-0.15, -0.1) is 0 Å². The van der Waals surface area contributed by atoms with E-state index in [1.807, 2.05) is 11.8 Å². The molecule has 1 fully saturated rings. The highest BCUT2D eigenvalue weighted by Crippen LogP contribution is 2.22. The first-order valence-electron chi connectivity index (χ1n) is 5.25. The van der Waals surface area contributed by atoms with Crippen LogP contribution in [0.4, 0.5) is 11.8 Å². The fraction of sp³-hybridized carbons (Fsp3) is 0.600. The fourth-order valence-electron chi connectivity index (χ4n) is 1.64. The highest BCUT2D eigenvalue weighted by molar-refractivity contribution is 7.99. The smallest absolute Gasteiger partial charge is 0.224 e. The number of hydrogen-bond acceptors (Lipinski definition) is 5. The van der Waals surface area contributed by atoms with Crippen LogP contribution >= 0.6 is 11.8 Å². The summed E-state index contributed by atoms with van der Waals surface area (Å²) >= 11 is 2.04. The Morgan fingerprint density at radius 1 is 1.47 bits per heavy atom. The molecular formula is C10H16N4S. The van der Waals surface area contributed by atoms with Crippen LogP contribution in [0, 0.1) is 5.92 Å². The molecule has 0 atom stereocenters. The van der Waals surface area contributed by atoms with E-state index in [1.54, 1.807) is 12.3 Å². The molecule has 0 radical (unpaired) electrons. The molecule has 2 heterocycles. The van der Waals surface area contributed by atoms with Crippen LogP contribution in [0.15, 0.2) is 12.3 Å².